The highest BCUT2D eigenvalue weighted by atomic mass is 35.5. The summed E-state index contributed by atoms with van der Waals surface area (Å²) in [6.07, 6.45) is 0. The number of hydrogen-bond acceptors (Lipinski definition) is 6. The summed E-state index contributed by atoms with van der Waals surface area (Å²) in [5.74, 6) is -0.861. The van der Waals surface area contributed by atoms with Crippen molar-refractivity contribution in [2.45, 2.75) is 5.92 Å². The topological polar surface area (TPSA) is 85.3 Å². The Morgan fingerprint density at radius 1 is 1.06 bits per heavy atom. The zero-order chi connectivity index (χ0) is 24.9. The number of fused-ring (bicyclic) bond motifs is 2. The molecule has 3 aromatic carbocycles. The van der Waals surface area contributed by atoms with E-state index in [2.05, 4.69) is 6.07 Å². The summed E-state index contributed by atoms with van der Waals surface area (Å²) in [5, 5.41) is 12.1. The van der Waals surface area contributed by atoms with Gasteiger partial charge in [0.1, 0.15) is 28.0 Å². The van der Waals surface area contributed by atoms with Crippen molar-refractivity contribution in [1.29, 1.82) is 5.26 Å². The molecule has 5 rings (SSSR count). The van der Waals surface area contributed by atoms with E-state index >= 15 is 0 Å². The molecule has 0 bridgehead atoms. The van der Waals surface area contributed by atoms with Crippen LogP contribution in [0.5, 0.6) is 11.5 Å². The summed E-state index contributed by atoms with van der Waals surface area (Å²) in [4.78, 5) is 13.2. The second kappa shape index (κ2) is 9.27. The van der Waals surface area contributed by atoms with E-state index in [1.54, 1.807) is 48.5 Å². The van der Waals surface area contributed by atoms with Crippen molar-refractivity contribution in [1.82, 2.24) is 0 Å². The van der Waals surface area contributed by atoms with Crippen molar-refractivity contribution in [3.63, 3.8) is 0 Å². The van der Waals surface area contributed by atoms with Crippen LogP contribution in [0.4, 0.5) is 0 Å². The summed E-state index contributed by atoms with van der Waals surface area (Å²) < 4.78 is 12.1. The highest BCUT2D eigenvalue weighted by Crippen LogP contribution is 2.47. The van der Waals surface area contributed by atoms with Crippen LogP contribution in [0.3, 0.4) is 0 Å². The summed E-state index contributed by atoms with van der Waals surface area (Å²) in [5.41, 5.74) is 7.36. The minimum atomic E-state index is -0.656. The van der Waals surface area contributed by atoms with Crippen molar-refractivity contribution in [2.75, 3.05) is 0 Å². The number of halogens is 4. The van der Waals surface area contributed by atoms with Gasteiger partial charge in [0.15, 0.2) is 0 Å². The van der Waals surface area contributed by atoms with E-state index in [1.807, 2.05) is 0 Å². The number of nitrogens with two attached hydrogens (primary N) is 1. The van der Waals surface area contributed by atoms with E-state index in [0.29, 0.717) is 42.4 Å². The molecule has 0 saturated carbocycles. The highest BCUT2D eigenvalue weighted by Gasteiger charge is 2.34. The van der Waals surface area contributed by atoms with E-state index in [-0.39, 0.29) is 22.1 Å². The lowest BCUT2D eigenvalue weighted by Crippen LogP contribution is -2.21. The van der Waals surface area contributed by atoms with Crippen molar-refractivity contribution in [3.05, 3.63) is 102 Å². The first kappa shape index (κ1) is 23.8. The second-order valence-corrected chi connectivity index (χ2v) is 10.2. The van der Waals surface area contributed by atoms with Gasteiger partial charge in [-0.3, -0.25) is 0 Å². The lowest BCUT2D eigenvalue weighted by Gasteiger charge is -2.27. The van der Waals surface area contributed by atoms with Gasteiger partial charge >= 0.3 is 5.97 Å². The zero-order valence-corrected chi connectivity index (χ0v) is 21.3. The second-order valence-electron chi connectivity index (χ2n) is 7.53. The zero-order valence-electron chi connectivity index (χ0n) is 17.4. The molecule has 0 radical (unpaired) electrons. The van der Waals surface area contributed by atoms with Crippen LogP contribution in [0.1, 0.15) is 26.7 Å². The Morgan fingerprint density at radius 3 is 2.51 bits per heavy atom. The minimum Gasteiger partial charge on any atom is -0.440 e. The normalized spacial score (nSPS) is 14.9. The maximum Gasteiger partial charge on any atom is 0.355 e. The fraction of sp³-hybridized carbons (Fsp3) is 0.0400. The number of carbonyl (C=O) groups excluding carboxylic acids is 1. The van der Waals surface area contributed by atoms with Gasteiger partial charge in [-0.1, -0.05) is 64.6 Å². The van der Waals surface area contributed by atoms with Crippen LogP contribution in [0, 0.1) is 11.3 Å². The van der Waals surface area contributed by atoms with Crippen LogP contribution in [0.15, 0.2) is 66.1 Å². The number of benzene rings is 3. The van der Waals surface area contributed by atoms with E-state index in [9.17, 15) is 10.1 Å². The molecular formula is C25H12Cl4N2O3S. The molecule has 0 amide bonds. The number of esters is 1. The van der Waals surface area contributed by atoms with E-state index in [4.69, 9.17) is 61.6 Å². The van der Waals surface area contributed by atoms with E-state index < -0.39 is 11.9 Å². The van der Waals surface area contributed by atoms with Crippen LogP contribution in [0.2, 0.25) is 20.1 Å². The van der Waals surface area contributed by atoms with Gasteiger partial charge in [0.05, 0.1) is 10.9 Å². The monoisotopic (exact) mass is 560 g/mol. The van der Waals surface area contributed by atoms with Gasteiger partial charge < -0.3 is 15.2 Å². The molecule has 1 atom stereocenters. The number of nitrogens with zero attached hydrogens (tertiary/aromatic N) is 1. The van der Waals surface area contributed by atoms with Crippen LogP contribution >= 0.6 is 57.7 Å². The molecule has 0 aliphatic carbocycles. The van der Waals surface area contributed by atoms with Crippen molar-refractivity contribution >= 4 is 73.8 Å². The molecule has 1 aliphatic rings. The molecule has 0 spiro atoms. The van der Waals surface area contributed by atoms with Crippen LogP contribution in [0.25, 0.3) is 10.1 Å². The van der Waals surface area contributed by atoms with Gasteiger partial charge in [0, 0.05) is 42.3 Å². The summed E-state index contributed by atoms with van der Waals surface area (Å²) in [7, 11) is 0. The number of carbonyl (C=O) groups is 1. The Hall–Kier alpha value is -2.92. The third-order valence-corrected chi connectivity index (χ3v) is 8.00. The lowest BCUT2D eigenvalue weighted by atomic mass is 9.83. The molecule has 0 saturated heterocycles. The maximum absolute atomic E-state index is 12.9. The first-order valence-electron chi connectivity index (χ1n) is 10.0. The Labute approximate surface area is 223 Å². The van der Waals surface area contributed by atoms with E-state index in [1.165, 1.54) is 17.4 Å². The smallest absolute Gasteiger partial charge is 0.355 e. The first-order valence-corrected chi connectivity index (χ1v) is 12.4. The van der Waals surface area contributed by atoms with Crippen molar-refractivity contribution in [2.24, 2.45) is 5.73 Å². The molecule has 4 aromatic rings. The molecule has 2 heterocycles. The SMILES string of the molecule is N#CC1=C(N)Oc2cc(OC(=O)c3sc4cc(Cl)ccc4c3Cl)ccc2C1c1c(Cl)cccc1Cl. The quantitative estimate of drug-likeness (QED) is 0.202. The highest BCUT2D eigenvalue weighted by molar-refractivity contribution is 7.21. The maximum atomic E-state index is 12.9. The molecular weight excluding hydrogens is 550 g/mol. The van der Waals surface area contributed by atoms with Gasteiger partial charge in [-0.2, -0.15) is 5.26 Å². The average molecular weight is 562 g/mol. The Balaban J connectivity index is 1.52. The third-order valence-electron chi connectivity index (χ3n) is 5.47. The molecule has 10 heteroatoms. The van der Waals surface area contributed by atoms with Crippen LogP contribution < -0.4 is 15.2 Å². The fourth-order valence-electron chi connectivity index (χ4n) is 3.91. The van der Waals surface area contributed by atoms with Crippen molar-refractivity contribution in [3.8, 4) is 17.6 Å². The van der Waals surface area contributed by atoms with E-state index in [0.717, 1.165) is 4.70 Å². The van der Waals surface area contributed by atoms with Gasteiger partial charge in [-0.25, -0.2) is 4.79 Å². The van der Waals surface area contributed by atoms with Gasteiger partial charge in [-0.05, 0) is 30.3 Å². The number of hydrogen-bond donors (Lipinski definition) is 1. The number of rotatable bonds is 3. The number of thiophene rings is 1. The number of nitriles is 1. The molecule has 174 valence electrons. The number of ether oxygens (including phenoxy) is 2. The van der Waals surface area contributed by atoms with Gasteiger partial charge in [0.2, 0.25) is 5.88 Å². The number of allylic oxidation sites excluding steroid dienone is 1. The Bertz CT molecular complexity index is 1590. The largest absolute Gasteiger partial charge is 0.440 e. The third kappa shape index (κ3) is 4.20. The summed E-state index contributed by atoms with van der Waals surface area (Å²) >= 11 is 26.5. The van der Waals surface area contributed by atoms with Crippen LogP contribution in [-0.4, -0.2) is 5.97 Å². The molecule has 1 aliphatic heterocycles. The standard InChI is InChI=1S/C25H12Cl4N2O3S/c26-11-4-6-14-19(8-11)35-23(22(14)29)25(32)33-12-5-7-13-18(9-12)34-24(31)15(10-30)20(13)21-16(27)2-1-3-17(21)28/h1-9,20H,31H2. The molecule has 1 unspecified atom stereocenters. The average Bonchev–Trinajstić information content (AvgIpc) is 3.14. The Morgan fingerprint density at radius 2 is 1.80 bits per heavy atom. The Kier molecular flexibility index (Phi) is 6.30. The van der Waals surface area contributed by atoms with Crippen molar-refractivity contribution < 1.29 is 14.3 Å². The molecule has 2 N–H and O–H groups in total. The van der Waals surface area contributed by atoms with Gasteiger partial charge in [0.25, 0.3) is 0 Å². The molecule has 1 aromatic heterocycles. The molecule has 5 nitrogen and oxygen atoms in total. The van der Waals surface area contributed by atoms with Gasteiger partial charge in [-0.15, -0.1) is 11.3 Å². The molecule has 35 heavy (non-hydrogen) atoms. The lowest BCUT2D eigenvalue weighted by molar-refractivity contribution is 0.0740. The molecule has 0 fully saturated rings. The predicted octanol–water partition coefficient (Wildman–Crippen LogP) is 7.95. The fourth-order valence-corrected chi connectivity index (χ4v) is 6.18. The summed E-state index contributed by atoms with van der Waals surface area (Å²) in [6.45, 7) is 0. The first-order chi connectivity index (χ1) is 16.8. The minimum absolute atomic E-state index is 0.0890. The summed E-state index contributed by atoms with van der Waals surface area (Å²) in [6, 6.07) is 17.1. The van der Waals surface area contributed by atoms with Crippen LogP contribution in [-0.2, 0) is 0 Å². The predicted molar refractivity (Wildman–Crippen MR) is 139 cm³/mol.